The molecule has 2 heterocycles. The predicted octanol–water partition coefficient (Wildman–Crippen LogP) is 0.230. The molecule has 1 aromatic heterocycles. The number of nitrogen functional groups attached to an aromatic ring is 1. The number of ether oxygens (including phenoxy) is 1. The van der Waals surface area contributed by atoms with Crippen molar-refractivity contribution in [2.45, 2.75) is 19.8 Å². The topological polar surface area (TPSA) is 92.4 Å². The van der Waals surface area contributed by atoms with Crippen molar-refractivity contribution >= 4 is 17.8 Å². The van der Waals surface area contributed by atoms with Crippen LogP contribution < -0.4 is 21.1 Å². The van der Waals surface area contributed by atoms with Crippen LogP contribution >= 0.6 is 0 Å². The number of hydrogen-bond donors (Lipinski definition) is 2. The summed E-state index contributed by atoms with van der Waals surface area (Å²) in [6, 6.07) is 0. The van der Waals surface area contributed by atoms with Crippen LogP contribution in [0.15, 0.2) is 0 Å². The number of hydrogen-bond acceptors (Lipinski definition) is 8. The second-order valence-corrected chi connectivity index (χ2v) is 4.67. The molecule has 20 heavy (non-hydrogen) atoms. The average Bonchev–Trinajstić information content (AvgIpc) is 3.02. The number of nitrogens with two attached hydrogens (primary N) is 1. The summed E-state index contributed by atoms with van der Waals surface area (Å²) in [6.45, 7) is 6.20. The standard InChI is InChI=1S/C12H23N7O/c1-3-18(8-9-20-2)11-14-10(17-13)15-12(16-11)19-6-4-5-7-19/h3-9,13H2,1-2H3,(H,14,15,16,17). The molecule has 0 aliphatic carbocycles. The summed E-state index contributed by atoms with van der Waals surface area (Å²) in [5.41, 5.74) is 2.52. The van der Waals surface area contributed by atoms with E-state index in [9.17, 15) is 0 Å². The molecule has 0 aromatic carbocycles. The Labute approximate surface area is 119 Å². The van der Waals surface area contributed by atoms with Gasteiger partial charge in [0.15, 0.2) is 0 Å². The van der Waals surface area contributed by atoms with Gasteiger partial charge in [-0.25, -0.2) is 5.84 Å². The highest BCUT2D eigenvalue weighted by molar-refractivity contribution is 5.45. The van der Waals surface area contributed by atoms with Crippen LogP contribution in [0, 0.1) is 0 Å². The lowest BCUT2D eigenvalue weighted by molar-refractivity contribution is 0.205. The summed E-state index contributed by atoms with van der Waals surface area (Å²) < 4.78 is 5.12. The second-order valence-electron chi connectivity index (χ2n) is 4.67. The Morgan fingerprint density at radius 2 is 2.05 bits per heavy atom. The molecule has 112 valence electrons. The SMILES string of the molecule is CCN(CCOC)c1nc(NN)nc(N2CCCC2)n1. The Balaban J connectivity index is 2.23. The van der Waals surface area contributed by atoms with Crippen molar-refractivity contribution in [3.63, 3.8) is 0 Å². The Morgan fingerprint density at radius 3 is 2.65 bits per heavy atom. The maximum absolute atomic E-state index is 5.46. The van der Waals surface area contributed by atoms with Gasteiger partial charge in [-0.15, -0.1) is 0 Å². The summed E-state index contributed by atoms with van der Waals surface area (Å²) in [5, 5.41) is 0. The number of anilines is 3. The van der Waals surface area contributed by atoms with E-state index in [2.05, 4.69) is 32.2 Å². The van der Waals surface area contributed by atoms with Crippen LogP contribution in [-0.2, 0) is 4.74 Å². The Bertz CT molecular complexity index is 422. The normalized spacial score (nSPS) is 14.7. The first-order valence-electron chi connectivity index (χ1n) is 7.00. The highest BCUT2D eigenvalue weighted by atomic mass is 16.5. The largest absolute Gasteiger partial charge is 0.383 e. The Hall–Kier alpha value is -1.67. The van der Waals surface area contributed by atoms with Gasteiger partial charge >= 0.3 is 0 Å². The van der Waals surface area contributed by atoms with E-state index >= 15 is 0 Å². The van der Waals surface area contributed by atoms with Crippen molar-refractivity contribution in [3.05, 3.63) is 0 Å². The van der Waals surface area contributed by atoms with Crippen molar-refractivity contribution in [2.75, 3.05) is 55.1 Å². The first-order valence-corrected chi connectivity index (χ1v) is 7.00. The number of hydrazine groups is 1. The van der Waals surface area contributed by atoms with Crippen molar-refractivity contribution in [2.24, 2.45) is 5.84 Å². The predicted molar refractivity (Wildman–Crippen MR) is 78.8 cm³/mol. The zero-order valence-corrected chi connectivity index (χ0v) is 12.2. The van der Waals surface area contributed by atoms with E-state index < -0.39 is 0 Å². The molecule has 0 amide bonds. The number of nitrogens with one attached hydrogen (secondary N) is 1. The van der Waals surface area contributed by atoms with E-state index in [0.717, 1.165) is 26.2 Å². The molecule has 0 spiro atoms. The van der Waals surface area contributed by atoms with Gasteiger partial charge in [0.25, 0.3) is 0 Å². The number of nitrogens with zero attached hydrogens (tertiary/aromatic N) is 5. The lowest BCUT2D eigenvalue weighted by atomic mass is 10.4. The zero-order valence-electron chi connectivity index (χ0n) is 12.2. The summed E-state index contributed by atoms with van der Waals surface area (Å²) in [5.74, 6) is 7.18. The van der Waals surface area contributed by atoms with Gasteiger partial charge in [0.1, 0.15) is 0 Å². The molecule has 1 fully saturated rings. The zero-order chi connectivity index (χ0) is 14.4. The van der Waals surface area contributed by atoms with Crippen molar-refractivity contribution in [3.8, 4) is 0 Å². The summed E-state index contributed by atoms with van der Waals surface area (Å²) >= 11 is 0. The lowest BCUT2D eigenvalue weighted by Crippen LogP contribution is -2.31. The number of likely N-dealkylation sites (N-methyl/N-ethyl adjacent to an activating group) is 1. The van der Waals surface area contributed by atoms with E-state index in [1.54, 1.807) is 7.11 Å². The fourth-order valence-corrected chi connectivity index (χ4v) is 2.22. The molecule has 0 saturated carbocycles. The monoisotopic (exact) mass is 281 g/mol. The molecule has 1 aliphatic heterocycles. The maximum atomic E-state index is 5.46. The minimum absolute atomic E-state index is 0.396. The molecule has 2 rings (SSSR count). The third-order valence-electron chi connectivity index (χ3n) is 3.36. The number of rotatable bonds is 7. The van der Waals surface area contributed by atoms with Crippen molar-refractivity contribution in [1.82, 2.24) is 15.0 Å². The average molecular weight is 281 g/mol. The molecule has 8 heteroatoms. The molecule has 0 bridgehead atoms. The molecule has 3 N–H and O–H groups in total. The molecule has 1 aromatic rings. The highest BCUT2D eigenvalue weighted by Crippen LogP contribution is 2.19. The smallest absolute Gasteiger partial charge is 0.243 e. The molecule has 0 atom stereocenters. The van der Waals surface area contributed by atoms with E-state index in [1.165, 1.54) is 12.8 Å². The summed E-state index contributed by atoms with van der Waals surface area (Å²) in [4.78, 5) is 17.4. The van der Waals surface area contributed by atoms with Gasteiger partial charge in [-0.2, -0.15) is 15.0 Å². The van der Waals surface area contributed by atoms with Crippen LogP contribution in [0.1, 0.15) is 19.8 Å². The van der Waals surface area contributed by atoms with Crippen LogP contribution in [0.4, 0.5) is 17.8 Å². The van der Waals surface area contributed by atoms with Gasteiger partial charge in [-0.1, -0.05) is 0 Å². The Kier molecular flexibility index (Phi) is 5.31. The van der Waals surface area contributed by atoms with Crippen LogP contribution in [0.25, 0.3) is 0 Å². The highest BCUT2D eigenvalue weighted by Gasteiger charge is 2.19. The van der Waals surface area contributed by atoms with E-state index in [-0.39, 0.29) is 0 Å². The third kappa shape index (κ3) is 3.45. The molecule has 8 nitrogen and oxygen atoms in total. The van der Waals surface area contributed by atoms with Crippen LogP contribution in [-0.4, -0.2) is 54.8 Å². The fourth-order valence-electron chi connectivity index (χ4n) is 2.22. The van der Waals surface area contributed by atoms with E-state index in [4.69, 9.17) is 10.6 Å². The first-order chi connectivity index (χ1) is 9.78. The van der Waals surface area contributed by atoms with Crippen LogP contribution in [0.3, 0.4) is 0 Å². The van der Waals surface area contributed by atoms with Crippen molar-refractivity contribution in [1.29, 1.82) is 0 Å². The van der Waals surface area contributed by atoms with Gasteiger partial charge < -0.3 is 14.5 Å². The molecular weight excluding hydrogens is 258 g/mol. The summed E-state index contributed by atoms with van der Waals surface area (Å²) in [6.07, 6.45) is 2.35. The summed E-state index contributed by atoms with van der Waals surface area (Å²) in [7, 11) is 1.68. The van der Waals surface area contributed by atoms with Gasteiger partial charge in [0.2, 0.25) is 17.8 Å². The van der Waals surface area contributed by atoms with E-state index in [0.29, 0.717) is 24.5 Å². The van der Waals surface area contributed by atoms with Gasteiger partial charge in [0, 0.05) is 33.3 Å². The minimum atomic E-state index is 0.396. The van der Waals surface area contributed by atoms with Gasteiger partial charge in [0.05, 0.1) is 6.61 Å². The fraction of sp³-hybridized carbons (Fsp3) is 0.750. The molecule has 1 saturated heterocycles. The maximum Gasteiger partial charge on any atom is 0.243 e. The van der Waals surface area contributed by atoms with Gasteiger partial charge in [-0.3, -0.25) is 5.43 Å². The lowest BCUT2D eigenvalue weighted by Gasteiger charge is -2.23. The molecule has 0 radical (unpaired) electrons. The first kappa shape index (κ1) is 14.7. The van der Waals surface area contributed by atoms with Crippen LogP contribution in [0.5, 0.6) is 0 Å². The van der Waals surface area contributed by atoms with Gasteiger partial charge in [-0.05, 0) is 19.8 Å². The molecule has 0 unspecified atom stereocenters. The van der Waals surface area contributed by atoms with Crippen LogP contribution in [0.2, 0.25) is 0 Å². The quantitative estimate of drug-likeness (QED) is 0.542. The molecular formula is C12H23N7O. The Morgan fingerprint density at radius 1 is 1.30 bits per heavy atom. The van der Waals surface area contributed by atoms with E-state index in [1.807, 2.05) is 4.90 Å². The number of aromatic nitrogens is 3. The second kappa shape index (κ2) is 7.20. The minimum Gasteiger partial charge on any atom is -0.383 e. The molecule has 1 aliphatic rings. The van der Waals surface area contributed by atoms with Crippen molar-refractivity contribution < 1.29 is 4.74 Å². The number of methoxy groups -OCH3 is 1. The third-order valence-corrected chi connectivity index (χ3v) is 3.36.